The summed E-state index contributed by atoms with van der Waals surface area (Å²) in [4.78, 5) is 29.9. The molecule has 6 rings (SSSR count). The first-order chi connectivity index (χ1) is 17.7. The molecule has 1 aliphatic carbocycles. The Morgan fingerprint density at radius 2 is 1.76 bits per heavy atom. The van der Waals surface area contributed by atoms with E-state index in [0.29, 0.717) is 12.1 Å². The van der Waals surface area contributed by atoms with Gasteiger partial charge in [-0.1, -0.05) is 50.2 Å². The predicted octanol–water partition coefficient (Wildman–Crippen LogP) is 5.81. The quantitative estimate of drug-likeness (QED) is 0.364. The Morgan fingerprint density at radius 1 is 1.00 bits per heavy atom. The third kappa shape index (κ3) is 4.07. The van der Waals surface area contributed by atoms with Crippen molar-refractivity contribution >= 4 is 39.2 Å². The number of hydrogen-bond acceptors (Lipinski definition) is 6. The van der Waals surface area contributed by atoms with Gasteiger partial charge in [0.2, 0.25) is 0 Å². The maximum absolute atomic E-state index is 13.7. The number of piperazine rings is 1. The van der Waals surface area contributed by atoms with Crippen molar-refractivity contribution in [3.05, 3.63) is 81.4 Å². The van der Waals surface area contributed by atoms with Gasteiger partial charge in [-0.15, -0.1) is 0 Å². The number of hydrogen-bond donors (Lipinski definition) is 1. The van der Waals surface area contributed by atoms with Gasteiger partial charge in [0.1, 0.15) is 5.69 Å². The minimum absolute atomic E-state index is 0.0962. The van der Waals surface area contributed by atoms with Crippen molar-refractivity contribution in [3.63, 3.8) is 0 Å². The Hall–Kier alpha value is -3.71. The average Bonchev–Trinajstić information content (AvgIpc) is 2.87. The molecule has 1 N–H and O–H groups in total. The molecule has 0 unspecified atom stereocenters. The fourth-order valence-corrected chi connectivity index (χ4v) is 6.27. The van der Waals surface area contributed by atoms with Crippen LogP contribution in [0.5, 0.6) is 0 Å². The first-order valence-corrected chi connectivity index (χ1v) is 13.0. The number of benzene rings is 3. The largest absolute Gasteiger partial charge is 0.373 e. The lowest BCUT2D eigenvalue weighted by Gasteiger charge is -2.40. The zero-order valence-corrected chi connectivity index (χ0v) is 21.6. The molecule has 0 saturated carbocycles. The van der Waals surface area contributed by atoms with Crippen molar-refractivity contribution in [1.29, 1.82) is 0 Å². The van der Waals surface area contributed by atoms with E-state index >= 15 is 0 Å². The van der Waals surface area contributed by atoms with E-state index in [1.54, 1.807) is 6.07 Å². The molecule has 2 aliphatic heterocycles. The lowest BCUT2D eigenvalue weighted by molar-refractivity contribution is -0.384. The van der Waals surface area contributed by atoms with Gasteiger partial charge < -0.3 is 15.1 Å². The molecule has 0 bridgehead atoms. The number of nitro groups is 1. The lowest BCUT2D eigenvalue weighted by Crippen LogP contribution is -2.44. The molecule has 2 heterocycles. The van der Waals surface area contributed by atoms with Gasteiger partial charge in [-0.3, -0.25) is 14.9 Å². The molecular weight excluding hydrogens is 464 g/mol. The molecule has 7 heteroatoms. The Labute approximate surface area is 216 Å². The Kier molecular flexibility index (Phi) is 5.57. The third-order valence-electron chi connectivity index (χ3n) is 8.11. The summed E-state index contributed by atoms with van der Waals surface area (Å²) in [6.45, 7) is 7.53. The van der Waals surface area contributed by atoms with E-state index in [-0.39, 0.29) is 21.8 Å². The normalized spacial score (nSPS) is 21.4. The van der Waals surface area contributed by atoms with Gasteiger partial charge >= 0.3 is 0 Å². The fraction of sp³-hybridized carbons (Fsp3) is 0.367. The number of Topliss-reactive ketones (excluding diaryl/α,β-unsaturated/α-hetero) is 1. The number of allylic oxidation sites excluding steroid dienone is 1. The van der Waals surface area contributed by atoms with Crippen LogP contribution in [-0.4, -0.2) is 48.8 Å². The molecule has 3 aliphatic rings. The highest BCUT2D eigenvalue weighted by Crippen LogP contribution is 2.52. The van der Waals surface area contributed by atoms with Crippen LogP contribution in [0.25, 0.3) is 16.3 Å². The number of nitrogens with one attached hydrogen (secondary N) is 1. The second kappa shape index (κ2) is 8.70. The molecule has 0 amide bonds. The first-order valence-electron chi connectivity index (χ1n) is 13.0. The fourth-order valence-electron chi connectivity index (χ4n) is 6.27. The number of carbonyl (C=O) groups is 1. The van der Waals surface area contributed by atoms with E-state index in [2.05, 4.69) is 60.3 Å². The standard InChI is InChI=1S/C30H32N4O3/c1-30(2)17-22-27-21-7-5-4-6-19(21)8-10-23(27)31-29(28(22)26(35)18-30)20-9-11-24(25(16-20)34(36)37)33-14-12-32(3)13-15-33/h4-11,16,29,31H,12-15,17-18H2,1-3H3/t29-/m1/s1. The number of carbonyl (C=O) groups excluding carboxylic acids is 1. The van der Waals surface area contributed by atoms with E-state index in [0.717, 1.165) is 71.3 Å². The second-order valence-corrected chi connectivity index (χ2v) is 11.4. The SMILES string of the molecule is CN1CCN(c2ccc([C@H]3Nc4ccc5ccccc5c4C4=C3C(=O)CC(C)(C)C4)cc2[N+](=O)[O-])CC1. The highest BCUT2D eigenvalue weighted by molar-refractivity contribution is 6.12. The number of nitrogens with zero attached hydrogens (tertiary/aromatic N) is 3. The summed E-state index contributed by atoms with van der Waals surface area (Å²) in [7, 11) is 2.07. The molecule has 3 aromatic carbocycles. The first kappa shape index (κ1) is 23.7. The zero-order chi connectivity index (χ0) is 25.9. The molecule has 3 aromatic rings. The highest BCUT2D eigenvalue weighted by Gasteiger charge is 2.41. The van der Waals surface area contributed by atoms with Crippen LogP contribution < -0.4 is 10.2 Å². The second-order valence-electron chi connectivity index (χ2n) is 11.4. The van der Waals surface area contributed by atoms with Crippen LogP contribution in [0.2, 0.25) is 0 Å². The number of fused-ring (bicyclic) bond motifs is 4. The molecular formula is C30H32N4O3. The average molecular weight is 497 g/mol. The molecule has 37 heavy (non-hydrogen) atoms. The van der Waals surface area contributed by atoms with Crippen LogP contribution in [-0.2, 0) is 4.79 Å². The van der Waals surface area contributed by atoms with E-state index in [9.17, 15) is 14.9 Å². The number of anilines is 2. The van der Waals surface area contributed by atoms with Crippen molar-refractivity contribution in [3.8, 4) is 0 Å². The minimum Gasteiger partial charge on any atom is -0.373 e. The monoisotopic (exact) mass is 496 g/mol. The van der Waals surface area contributed by atoms with Gasteiger partial charge in [0.15, 0.2) is 5.78 Å². The molecule has 1 atom stereocenters. The van der Waals surface area contributed by atoms with Gasteiger partial charge in [0.25, 0.3) is 5.69 Å². The Balaban J connectivity index is 1.50. The third-order valence-corrected chi connectivity index (χ3v) is 8.11. The summed E-state index contributed by atoms with van der Waals surface area (Å²) in [6.07, 6.45) is 1.25. The van der Waals surface area contributed by atoms with Gasteiger partial charge in [0.05, 0.1) is 11.0 Å². The van der Waals surface area contributed by atoms with Gasteiger partial charge in [-0.2, -0.15) is 0 Å². The zero-order valence-electron chi connectivity index (χ0n) is 21.6. The van der Waals surface area contributed by atoms with Crippen molar-refractivity contribution in [2.24, 2.45) is 5.41 Å². The minimum atomic E-state index is -0.424. The maximum atomic E-state index is 13.7. The van der Waals surface area contributed by atoms with E-state index in [1.165, 1.54) is 0 Å². The molecule has 1 fully saturated rings. The molecule has 0 aromatic heterocycles. The summed E-state index contributed by atoms with van der Waals surface area (Å²) >= 11 is 0. The van der Waals surface area contributed by atoms with Crippen LogP contribution in [0.1, 0.15) is 43.9 Å². The molecule has 0 spiro atoms. The summed E-state index contributed by atoms with van der Waals surface area (Å²) in [5, 5.41) is 18.1. The van der Waals surface area contributed by atoms with Crippen LogP contribution >= 0.6 is 0 Å². The van der Waals surface area contributed by atoms with Crippen molar-refractivity contribution in [2.45, 2.75) is 32.7 Å². The predicted molar refractivity (Wildman–Crippen MR) is 148 cm³/mol. The van der Waals surface area contributed by atoms with Crippen molar-refractivity contribution < 1.29 is 9.72 Å². The maximum Gasteiger partial charge on any atom is 0.292 e. The van der Waals surface area contributed by atoms with Gasteiger partial charge in [0, 0.05) is 55.5 Å². The number of rotatable bonds is 3. The summed E-state index contributed by atoms with van der Waals surface area (Å²) < 4.78 is 0. The number of ketones is 1. The van der Waals surface area contributed by atoms with Crippen LogP contribution in [0.3, 0.4) is 0 Å². The van der Waals surface area contributed by atoms with Crippen LogP contribution in [0.4, 0.5) is 17.1 Å². The number of likely N-dealkylation sites (N-methyl/N-ethyl adjacent to an activating group) is 1. The summed E-state index contributed by atoms with van der Waals surface area (Å²) in [6, 6.07) is 17.5. The van der Waals surface area contributed by atoms with Crippen molar-refractivity contribution in [2.75, 3.05) is 43.4 Å². The Bertz CT molecular complexity index is 1470. The van der Waals surface area contributed by atoms with Gasteiger partial charge in [-0.05, 0) is 52.9 Å². The lowest BCUT2D eigenvalue weighted by atomic mass is 9.68. The smallest absolute Gasteiger partial charge is 0.292 e. The number of nitro benzene ring substituents is 1. The van der Waals surface area contributed by atoms with Crippen LogP contribution in [0.15, 0.2) is 60.2 Å². The summed E-state index contributed by atoms with van der Waals surface area (Å²) in [5.41, 5.74) is 5.24. The Morgan fingerprint density at radius 3 is 2.51 bits per heavy atom. The highest BCUT2D eigenvalue weighted by atomic mass is 16.6. The summed E-state index contributed by atoms with van der Waals surface area (Å²) in [5.74, 6) is 0.119. The van der Waals surface area contributed by atoms with Crippen LogP contribution in [0, 0.1) is 15.5 Å². The van der Waals surface area contributed by atoms with Crippen molar-refractivity contribution in [1.82, 2.24) is 4.90 Å². The molecule has 7 nitrogen and oxygen atoms in total. The molecule has 190 valence electrons. The molecule has 1 saturated heterocycles. The topological polar surface area (TPSA) is 78.7 Å². The van der Waals surface area contributed by atoms with E-state index < -0.39 is 6.04 Å². The molecule has 0 radical (unpaired) electrons. The van der Waals surface area contributed by atoms with E-state index in [1.807, 2.05) is 24.3 Å². The van der Waals surface area contributed by atoms with Gasteiger partial charge in [-0.25, -0.2) is 0 Å². The van der Waals surface area contributed by atoms with E-state index in [4.69, 9.17) is 0 Å².